The van der Waals surface area contributed by atoms with E-state index in [0.29, 0.717) is 11.8 Å². The molecule has 0 aliphatic carbocycles. The van der Waals surface area contributed by atoms with E-state index in [9.17, 15) is 0 Å². The first-order chi connectivity index (χ1) is 7.15. The van der Waals surface area contributed by atoms with Gasteiger partial charge < -0.3 is 8.83 Å². The first-order valence-electron chi connectivity index (χ1n) is 4.79. The van der Waals surface area contributed by atoms with Gasteiger partial charge in [-0.1, -0.05) is 0 Å². The summed E-state index contributed by atoms with van der Waals surface area (Å²) in [4.78, 5) is 8.65. The first-order valence-corrected chi connectivity index (χ1v) is 4.79. The minimum Gasteiger partial charge on any atom is -0.441 e. The minimum atomic E-state index is 0.664. The number of hydrogen-bond acceptors (Lipinski definition) is 4. The van der Waals surface area contributed by atoms with Gasteiger partial charge in [0.05, 0.1) is 0 Å². The summed E-state index contributed by atoms with van der Waals surface area (Å²) in [6, 6.07) is 1.84. The maximum atomic E-state index is 5.47. The molecular weight excluding hydrogens is 192 g/mol. The van der Waals surface area contributed by atoms with Gasteiger partial charge in [-0.2, -0.15) is 0 Å². The lowest BCUT2D eigenvalue weighted by Gasteiger charge is -1.92. The third kappa shape index (κ3) is 1.08. The molecule has 76 valence electrons. The van der Waals surface area contributed by atoms with Crippen molar-refractivity contribution in [3.63, 3.8) is 0 Å². The van der Waals surface area contributed by atoms with Crippen LogP contribution < -0.4 is 0 Å². The molecule has 0 atom stereocenters. The fraction of sp³-hybridized carbons (Fsp3) is 0.273. The Labute approximate surface area is 85.9 Å². The maximum Gasteiger partial charge on any atom is 0.192 e. The summed E-state index contributed by atoms with van der Waals surface area (Å²) in [6.07, 6.45) is 0. The van der Waals surface area contributed by atoms with Crippen molar-refractivity contribution in [2.75, 3.05) is 0 Å². The van der Waals surface area contributed by atoms with Crippen molar-refractivity contribution in [1.82, 2.24) is 9.97 Å². The molecular formula is C11H10N2O2. The van der Waals surface area contributed by atoms with Crippen LogP contribution in [0.4, 0.5) is 0 Å². The van der Waals surface area contributed by atoms with Crippen molar-refractivity contribution in [3.05, 3.63) is 23.4 Å². The van der Waals surface area contributed by atoms with Gasteiger partial charge in [-0.25, -0.2) is 9.97 Å². The summed E-state index contributed by atoms with van der Waals surface area (Å²) < 4.78 is 10.9. The third-order valence-electron chi connectivity index (χ3n) is 2.49. The number of benzene rings is 1. The Balaban J connectivity index is 2.56. The summed E-state index contributed by atoms with van der Waals surface area (Å²) in [5.41, 5.74) is 4.26. The molecule has 0 N–H and O–H groups in total. The van der Waals surface area contributed by atoms with Crippen LogP contribution in [0.5, 0.6) is 0 Å². The van der Waals surface area contributed by atoms with Crippen molar-refractivity contribution in [1.29, 1.82) is 0 Å². The molecule has 3 aromatic rings. The highest BCUT2D eigenvalue weighted by Crippen LogP contribution is 2.27. The van der Waals surface area contributed by atoms with E-state index in [1.165, 1.54) is 0 Å². The zero-order valence-electron chi connectivity index (χ0n) is 8.79. The van der Waals surface area contributed by atoms with E-state index >= 15 is 0 Å². The molecule has 0 saturated heterocycles. The number of hydrogen-bond donors (Lipinski definition) is 0. The molecule has 0 amide bonds. The molecule has 3 rings (SSSR count). The molecule has 0 aliphatic heterocycles. The lowest BCUT2D eigenvalue weighted by molar-refractivity contribution is 0.552. The fourth-order valence-corrected chi connectivity index (χ4v) is 1.85. The Morgan fingerprint density at radius 2 is 1.33 bits per heavy atom. The molecule has 0 fully saturated rings. The van der Waals surface area contributed by atoms with Gasteiger partial charge in [-0.05, 0) is 6.92 Å². The number of aryl methyl sites for hydroxylation is 3. The second-order valence-electron chi connectivity index (χ2n) is 3.66. The molecule has 0 saturated carbocycles. The van der Waals surface area contributed by atoms with Crippen molar-refractivity contribution in [2.45, 2.75) is 20.8 Å². The van der Waals surface area contributed by atoms with E-state index in [0.717, 1.165) is 27.8 Å². The quantitative estimate of drug-likeness (QED) is 0.562. The third-order valence-corrected chi connectivity index (χ3v) is 2.49. The summed E-state index contributed by atoms with van der Waals surface area (Å²) in [7, 11) is 0. The van der Waals surface area contributed by atoms with Crippen LogP contribution in [0.3, 0.4) is 0 Å². The van der Waals surface area contributed by atoms with Crippen LogP contribution in [0.2, 0.25) is 0 Å². The first kappa shape index (κ1) is 8.47. The molecule has 1 aromatic carbocycles. The van der Waals surface area contributed by atoms with E-state index in [-0.39, 0.29) is 0 Å². The summed E-state index contributed by atoms with van der Waals surface area (Å²) in [5, 5.41) is 0. The Morgan fingerprint density at radius 3 is 1.80 bits per heavy atom. The normalized spacial score (nSPS) is 11.7. The molecule has 2 heterocycles. The average Bonchev–Trinajstić information content (AvgIpc) is 2.69. The SMILES string of the molecule is Cc1nc2c(C)c3nc(C)oc3cc2o1. The van der Waals surface area contributed by atoms with Crippen LogP contribution in [0.1, 0.15) is 17.3 Å². The second-order valence-corrected chi connectivity index (χ2v) is 3.66. The van der Waals surface area contributed by atoms with Gasteiger partial charge >= 0.3 is 0 Å². The highest BCUT2D eigenvalue weighted by atomic mass is 16.4. The highest BCUT2D eigenvalue weighted by molar-refractivity contribution is 5.93. The molecule has 0 bridgehead atoms. The molecule has 0 radical (unpaired) electrons. The Bertz CT molecular complexity index is 609. The van der Waals surface area contributed by atoms with Crippen molar-refractivity contribution < 1.29 is 8.83 Å². The zero-order chi connectivity index (χ0) is 10.6. The monoisotopic (exact) mass is 202 g/mol. The molecule has 0 unspecified atom stereocenters. The predicted octanol–water partition coefficient (Wildman–Crippen LogP) is 2.89. The van der Waals surface area contributed by atoms with Crippen LogP contribution in [0.25, 0.3) is 22.2 Å². The summed E-state index contributed by atoms with van der Waals surface area (Å²) >= 11 is 0. The maximum absolute atomic E-state index is 5.47. The lowest BCUT2D eigenvalue weighted by Crippen LogP contribution is -1.80. The Kier molecular flexibility index (Phi) is 1.46. The van der Waals surface area contributed by atoms with Crippen LogP contribution in [-0.4, -0.2) is 9.97 Å². The highest BCUT2D eigenvalue weighted by Gasteiger charge is 2.13. The van der Waals surface area contributed by atoms with Crippen LogP contribution >= 0.6 is 0 Å². The second kappa shape index (κ2) is 2.59. The number of nitrogens with zero attached hydrogens (tertiary/aromatic N) is 2. The number of aromatic nitrogens is 2. The van der Waals surface area contributed by atoms with Gasteiger partial charge in [-0.3, -0.25) is 0 Å². The minimum absolute atomic E-state index is 0.664. The number of oxazole rings is 2. The summed E-state index contributed by atoms with van der Waals surface area (Å²) in [6.45, 7) is 5.65. The van der Waals surface area contributed by atoms with E-state index in [4.69, 9.17) is 8.83 Å². The largest absolute Gasteiger partial charge is 0.441 e. The molecule has 0 spiro atoms. The van der Waals surface area contributed by atoms with Gasteiger partial charge in [-0.15, -0.1) is 0 Å². The van der Waals surface area contributed by atoms with E-state index in [1.54, 1.807) is 0 Å². The van der Waals surface area contributed by atoms with Crippen LogP contribution in [0, 0.1) is 20.8 Å². The van der Waals surface area contributed by atoms with E-state index < -0.39 is 0 Å². The Morgan fingerprint density at radius 1 is 0.867 bits per heavy atom. The number of fused-ring (bicyclic) bond motifs is 2. The van der Waals surface area contributed by atoms with Crippen molar-refractivity contribution >= 4 is 22.2 Å². The van der Waals surface area contributed by atoms with Gasteiger partial charge in [0.1, 0.15) is 11.0 Å². The molecule has 2 aromatic heterocycles. The van der Waals surface area contributed by atoms with Gasteiger partial charge in [0, 0.05) is 25.5 Å². The average molecular weight is 202 g/mol. The van der Waals surface area contributed by atoms with Crippen LogP contribution in [-0.2, 0) is 0 Å². The number of rotatable bonds is 0. The molecule has 0 aliphatic rings. The van der Waals surface area contributed by atoms with Gasteiger partial charge in [0.15, 0.2) is 22.9 Å². The molecule has 4 nitrogen and oxygen atoms in total. The smallest absolute Gasteiger partial charge is 0.192 e. The van der Waals surface area contributed by atoms with Gasteiger partial charge in [0.2, 0.25) is 0 Å². The van der Waals surface area contributed by atoms with E-state index in [1.807, 2.05) is 26.8 Å². The molecule has 4 heteroatoms. The topological polar surface area (TPSA) is 52.1 Å². The standard InChI is InChI=1S/C11H10N2O2/c1-5-10-8(14-6(2)12-10)4-9-11(5)13-7(3)15-9/h4H,1-3H3. The molecule has 15 heavy (non-hydrogen) atoms. The predicted molar refractivity (Wildman–Crippen MR) is 55.8 cm³/mol. The summed E-state index contributed by atoms with van der Waals surface area (Å²) in [5.74, 6) is 1.33. The van der Waals surface area contributed by atoms with E-state index in [2.05, 4.69) is 9.97 Å². The van der Waals surface area contributed by atoms with Crippen molar-refractivity contribution in [2.24, 2.45) is 0 Å². The fourth-order valence-electron chi connectivity index (χ4n) is 1.85. The zero-order valence-corrected chi connectivity index (χ0v) is 8.79. The van der Waals surface area contributed by atoms with Gasteiger partial charge in [0.25, 0.3) is 0 Å². The van der Waals surface area contributed by atoms with Crippen LogP contribution in [0.15, 0.2) is 14.9 Å². The Hall–Kier alpha value is -1.84. The van der Waals surface area contributed by atoms with Crippen molar-refractivity contribution in [3.8, 4) is 0 Å². The lowest BCUT2D eigenvalue weighted by atomic mass is 10.2.